The monoisotopic (exact) mass is 527 g/mol. The molecule has 1 aromatic carbocycles. The summed E-state index contributed by atoms with van der Waals surface area (Å²) < 4.78 is 7.86. The smallest absolute Gasteiger partial charge is 0.251 e. The Labute approximate surface area is 220 Å². The number of hydrogen-bond donors (Lipinski definition) is 2. The normalized spacial score (nSPS) is 15.1. The molecule has 0 spiro atoms. The molecule has 10 heteroatoms. The number of anilines is 1. The second-order valence-corrected chi connectivity index (χ2v) is 11.5. The van der Waals surface area contributed by atoms with Gasteiger partial charge in [-0.25, -0.2) is 0 Å². The van der Waals surface area contributed by atoms with Crippen molar-refractivity contribution in [1.82, 2.24) is 14.8 Å². The number of aromatic nitrogens is 3. The van der Waals surface area contributed by atoms with Crippen molar-refractivity contribution in [2.24, 2.45) is 11.7 Å². The highest BCUT2D eigenvalue weighted by molar-refractivity contribution is 7.99. The number of carbonyl (C=O) groups is 2. The number of ether oxygens (including phenoxy) is 1. The van der Waals surface area contributed by atoms with Crippen LogP contribution >= 0.6 is 23.1 Å². The molecule has 1 unspecified atom stereocenters. The molecular weight excluding hydrogens is 494 g/mol. The molecule has 0 fully saturated rings. The van der Waals surface area contributed by atoms with E-state index in [1.165, 1.54) is 28.7 Å². The average molecular weight is 528 g/mol. The van der Waals surface area contributed by atoms with Crippen LogP contribution in [-0.4, -0.2) is 32.3 Å². The second-order valence-electron chi connectivity index (χ2n) is 9.41. The number of primary amides is 1. The van der Waals surface area contributed by atoms with Crippen molar-refractivity contribution in [3.8, 4) is 5.75 Å². The van der Waals surface area contributed by atoms with E-state index in [1.54, 1.807) is 0 Å². The number of nitrogens with one attached hydrogen (secondary N) is 1. The van der Waals surface area contributed by atoms with Crippen molar-refractivity contribution in [3.63, 3.8) is 0 Å². The lowest BCUT2D eigenvalue weighted by Crippen LogP contribution is -2.20. The third-order valence-corrected chi connectivity index (χ3v) is 8.50. The van der Waals surface area contributed by atoms with Gasteiger partial charge in [0.25, 0.3) is 5.91 Å². The van der Waals surface area contributed by atoms with Crippen LogP contribution in [0.3, 0.4) is 0 Å². The largest absolute Gasteiger partial charge is 0.486 e. The third-order valence-electron chi connectivity index (χ3n) is 6.37. The number of hydrogen-bond acceptors (Lipinski definition) is 7. The Morgan fingerprint density at radius 3 is 2.69 bits per heavy atom. The van der Waals surface area contributed by atoms with E-state index in [9.17, 15) is 9.59 Å². The van der Waals surface area contributed by atoms with Crippen LogP contribution in [0.15, 0.2) is 29.4 Å². The van der Waals surface area contributed by atoms with Crippen LogP contribution in [0.1, 0.15) is 72.2 Å². The highest BCUT2D eigenvalue weighted by Crippen LogP contribution is 2.39. The van der Waals surface area contributed by atoms with Gasteiger partial charge in [-0.1, -0.05) is 44.7 Å². The number of benzene rings is 1. The summed E-state index contributed by atoms with van der Waals surface area (Å²) in [6.07, 6.45) is 2.76. The SMILES string of the molecule is CCn1c(COc2ccc(C(C)C)cc2)nnc1SCC(=O)Nc1sc2c(c1C(N)=O)CCC(C)C2. The predicted molar refractivity (Wildman–Crippen MR) is 144 cm³/mol. The summed E-state index contributed by atoms with van der Waals surface area (Å²) >= 11 is 2.78. The number of fused-ring (bicyclic) bond motifs is 1. The molecule has 1 atom stereocenters. The van der Waals surface area contributed by atoms with Gasteiger partial charge in [0, 0.05) is 11.4 Å². The van der Waals surface area contributed by atoms with Crippen LogP contribution in [0.5, 0.6) is 5.75 Å². The van der Waals surface area contributed by atoms with Gasteiger partial charge in [-0.05, 0) is 61.3 Å². The molecular formula is C26H33N5O3S2. The van der Waals surface area contributed by atoms with Crippen molar-refractivity contribution in [2.45, 2.75) is 71.2 Å². The van der Waals surface area contributed by atoms with Gasteiger partial charge in [-0.3, -0.25) is 9.59 Å². The van der Waals surface area contributed by atoms with Gasteiger partial charge < -0.3 is 20.4 Å². The molecule has 36 heavy (non-hydrogen) atoms. The van der Waals surface area contributed by atoms with E-state index < -0.39 is 5.91 Å². The molecule has 0 bridgehead atoms. The van der Waals surface area contributed by atoms with Gasteiger partial charge >= 0.3 is 0 Å². The van der Waals surface area contributed by atoms with E-state index in [0.717, 1.165) is 35.5 Å². The van der Waals surface area contributed by atoms with Crippen molar-refractivity contribution in [2.75, 3.05) is 11.1 Å². The molecule has 0 saturated heterocycles. The number of thiophene rings is 1. The molecule has 0 aliphatic heterocycles. The Morgan fingerprint density at radius 2 is 2.03 bits per heavy atom. The van der Waals surface area contributed by atoms with E-state index >= 15 is 0 Å². The minimum atomic E-state index is -0.487. The number of nitrogens with two attached hydrogens (primary N) is 1. The zero-order chi connectivity index (χ0) is 25.8. The Balaban J connectivity index is 1.37. The fourth-order valence-corrected chi connectivity index (χ4v) is 6.59. The van der Waals surface area contributed by atoms with Crippen LogP contribution in [0.4, 0.5) is 5.00 Å². The molecule has 192 valence electrons. The van der Waals surface area contributed by atoms with Crippen molar-refractivity contribution in [1.29, 1.82) is 0 Å². The zero-order valence-corrected chi connectivity index (χ0v) is 22.8. The minimum absolute atomic E-state index is 0.146. The maximum absolute atomic E-state index is 12.8. The number of thioether (sulfide) groups is 1. The van der Waals surface area contributed by atoms with E-state index in [-0.39, 0.29) is 18.3 Å². The average Bonchev–Trinajstić information content (AvgIpc) is 3.41. The Hall–Kier alpha value is -2.85. The molecule has 0 radical (unpaired) electrons. The highest BCUT2D eigenvalue weighted by Gasteiger charge is 2.27. The minimum Gasteiger partial charge on any atom is -0.486 e. The van der Waals surface area contributed by atoms with E-state index in [2.05, 4.69) is 48.4 Å². The summed E-state index contributed by atoms with van der Waals surface area (Å²) in [5.74, 6) is 1.96. The fourth-order valence-electron chi connectivity index (χ4n) is 4.34. The van der Waals surface area contributed by atoms with Crippen LogP contribution in [0, 0.1) is 5.92 Å². The van der Waals surface area contributed by atoms with Gasteiger partial charge in [0.05, 0.1) is 11.3 Å². The highest BCUT2D eigenvalue weighted by atomic mass is 32.2. The molecule has 4 rings (SSSR count). The number of carbonyl (C=O) groups excluding carboxylic acids is 2. The predicted octanol–water partition coefficient (Wildman–Crippen LogP) is 5.02. The van der Waals surface area contributed by atoms with Gasteiger partial charge in [0.1, 0.15) is 17.4 Å². The first-order valence-electron chi connectivity index (χ1n) is 12.3. The maximum Gasteiger partial charge on any atom is 0.251 e. The topological polar surface area (TPSA) is 112 Å². The number of nitrogens with zero attached hydrogens (tertiary/aromatic N) is 3. The molecule has 0 saturated carbocycles. The standard InChI is InChI=1S/C26H33N5O3S2/c1-5-31-21(13-34-18-9-7-17(8-10-18)15(2)3)29-30-26(31)35-14-22(32)28-25-23(24(27)33)19-11-6-16(4)12-20(19)36-25/h7-10,15-16H,5-6,11-14H2,1-4H3,(H2,27,33)(H,28,32). The number of amides is 2. The first-order valence-corrected chi connectivity index (χ1v) is 14.1. The van der Waals surface area contributed by atoms with Gasteiger partial charge in [0.15, 0.2) is 11.0 Å². The zero-order valence-electron chi connectivity index (χ0n) is 21.2. The quantitative estimate of drug-likeness (QED) is 0.358. The summed E-state index contributed by atoms with van der Waals surface area (Å²) in [6.45, 7) is 9.46. The molecule has 8 nitrogen and oxygen atoms in total. The van der Waals surface area contributed by atoms with Crippen LogP contribution in [0.2, 0.25) is 0 Å². The van der Waals surface area contributed by atoms with E-state index in [0.29, 0.717) is 39.9 Å². The van der Waals surface area contributed by atoms with Crippen molar-refractivity contribution in [3.05, 3.63) is 51.7 Å². The first kappa shape index (κ1) is 26.2. The molecule has 3 N–H and O–H groups in total. The molecule has 2 aromatic heterocycles. The fraction of sp³-hybridized carbons (Fsp3) is 0.462. The number of rotatable bonds is 10. The van der Waals surface area contributed by atoms with Gasteiger partial charge in [-0.15, -0.1) is 21.5 Å². The molecule has 2 heterocycles. The lowest BCUT2D eigenvalue weighted by Gasteiger charge is -2.18. The van der Waals surface area contributed by atoms with Crippen molar-refractivity contribution >= 4 is 39.9 Å². The molecule has 1 aliphatic carbocycles. The summed E-state index contributed by atoms with van der Waals surface area (Å²) in [7, 11) is 0. The Morgan fingerprint density at radius 1 is 1.28 bits per heavy atom. The van der Waals surface area contributed by atoms with E-state index in [1.807, 2.05) is 23.6 Å². The maximum atomic E-state index is 12.8. The van der Waals surface area contributed by atoms with Crippen molar-refractivity contribution < 1.29 is 14.3 Å². The lowest BCUT2D eigenvalue weighted by molar-refractivity contribution is -0.113. The van der Waals surface area contributed by atoms with Crippen LogP contribution in [0.25, 0.3) is 0 Å². The molecule has 1 aliphatic rings. The lowest BCUT2D eigenvalue weighted by atomic mass is 9.88. The molecule has 2 amide bonds. The Bertz CT molecular complexity index is 1230. The summed E-state index contributed by atoms with van der Waals surface area (Å²) in [5.41, 5.74) is 8.40. The van der Waals surface area contributed by atoms with Crippen LogP contribution in [-0.2, 0) is 30.8 Å². The summed E-state index contributed by atoms with van der Waals surface area (Å²) in [4.78, 5) is 26.1. The van der Waals surface area contributed by atoms with Crippen LogP contribution < -0.4 is 15.8 Å². The summed E-state index contributed by atoms with van der Waals surface area (Å²) in [6, 6.07) is 8.06. The second kappa shape index (κ2) is 11.5. The molecule has 3 aromatic rings. The Kier molecular flexibility index (Phi) is 8.35. The van der Waals surface area contributed by atoms with Gasteiger partial charge in [0.2, 0.25) is 5.91 Å². The summed E-state index contributed by atoms with van der Waals surface area (Å²) in [5, 5.41) is 12.7. The third kappa shape index (κ3) is 5.92. The van der Waals surface area contributed by atoms with E-state index in [4.69, 9.17) is 10.5 Å². The first-order chi connectivity index (χ1) is 17.3. The van der Waals surface area contributed by atoms with Gasteiger partial charge in [-0.2, -0.15) is 0 Å².